The molecule has 1 heterocycles. The van der Waals surface area contributed by atoms with E-state index >= 15 is 0 Å². The molecule has 1 aliphatic heterocycles. The standard InChI is InChI=1S/C17H21N3O5/c1-11-9-12(16(23)18-5-8-25-2)3-4-13(11)19-14-10-15(22)20(6-7-21)17(14)24/h3-4,9-10,19,21H,5-8H2,1-2H3,(H,18,23). The highest BCUT2D eigenvalue weighted by molar-refractivity contribution is 6.17. The summed E-state index contributed by atoms with van der Waals surface area (Å²) < 4.78 is 4.88. The van der Waals surface area contributed by atoms with Gasteiger partial charge in [-0.2, -0.15) is 0 Å². The maximum Gasteiger partial charge on any atom is 0.277 e. The highest BCUT2D eigenvalue weighted by Crippen LogP contribution is 2.21. The second-order valence-corrected chi connectivity index (χ2v) is 5.48. The van der Waals surface area contributed by atoms with Gasteiger partial charge < -0.3 is 20.5 Å². The van der Waals surface area contributed by atoms with Gasteiger partial charge in [-0.05, 0) is 30.7 Å². The molecule has 1 aromatic carbocycles. The lowest BCUT2D eigenvalue weighted by atomic mass is 10.1. The summed E-state index contributed by atoms with van der Waals surface area (Å²) in [6.07, 6.45) is 1.20. The summed E-state index contributed by atoms with van der Waals surface area (Å²) in [5.74, 6) is -1.17. The molecule has 0 radical (unpaired) electrons. The number of aliphatic hydroxyl groups excluding tert-OH is 1. The fourth-order valence-electron chi connectivity index (χ4n) is 2.37. The molecule has 0 atom stereocenters. The van der Waals surface area contributed by atoms with E-state index in [1.807, 2.05) is 0 Å². The van der Waals surface area contributed by atoms with Crippen molar-refractivity contribution < 1.29 is 24.2 Å². The normalized spacial score (nSPS) is 13.9. The number of benzene rings is 1. The molecule has 0 fully saturated rings. The Morgan fingerprint density at radius 2 is 2.08 bits per heavy atom. The summed E-state index contributed by atoms with van der Waals surface area (Å²) in [7, 11) is 1.56. The van der Waals surface area contributed by atoms with Crippen LogP contribution in [0.2, 0.25) is 0 Å². The van der Waals surface area contributed by atoms with Crippen LogP contribution in [-0.2, 0) is 14.3 Å². The Morgan fingerprint density at radius 3 is 2.72 bits per heavy atom. The number of hydrogen-bond donors (Lipinski definition) is 3. The second-order valence-electron chi connectivity index (χ2n) is 5.48. The molecule has 0 unspecified atom stereocenters. The fourth-order valence-corrected chi connectivity index (χ4v) is 2.37. The first-order valence-electron chi connectivity index (χ1n) is 7.81. The number of amides is 3. The van der Waals surface area contributed by atoms with Gasteiger partial charge in [-0.3, -0.25) is 19.3 Å². The van der Waals surface area contributed by atoms with Gasteiger partial charge in [0, 0.05) is 31.0 Å². The number of ether oxygens (including phenoxy) is 1. The first-order chi connectivity index (χ1) is 12.0. The van der Waals surface area contributed by atoms with Crippen molar-refractivity contribution in [1.82, 2.24) is 10.2 Å². The summed E-state index contributed by atoms with van der Waals surface area (Å²) >= 11 is 0. The molecule has 0 aromatic heterocycles. The van der Waals surface area contributed by atoms with E-state index in [1.54, 1.807) is 32.2 Å². The number of rotatable bonds is 8. The first-order valence-corrected chi connectivity index (χ1v) is 7.81. The van der Waals surface area contributed by atoms with E-state index in [1.165, 1.54) is 6.08 Å². The van der Waals surface area contributed by atoms with E-state index in [0.717, 1.165) is 10.5 Å². The van der Waals surface area contributed by atoms with Crippen LogP contribution in [0, 0.1) is 6.92 Å². The topological polar surface area (TPSA) is 108 Å². The van der Waals surface area contributed by atoms with Gasteiger partial charge in [0.15, 0.2) is 0 Å². The van der Waals surface area contributed by atoms with Crippen LogP contribution < -0.4 is 10.6 Å². The van der Waals surface area contributed by atoms with Crippen molar-refractivity contribution in [3.05, 3.63) is 41.1 Å². The highest BCUT2D eigenvalue weighted by atomic mass is 16.5. The monoisotopic (exact) mass is 347 g/mol. The Morgan fingerprint density at radius 1 is 1.32 bits per heavy atom. The van der Waals surface area contributed by atoms with Crippen LogP contribution in [0.5, 0.6) is 0 Å². The maximum absolute atomic E-state index is 12.1. The van der Waals surface area contributed by atoms with Gasteiger partial charge in [0.05, 0.1) is 19.8 Å². The SMILES string of the molecule is COCCNC(=O)c1ccc(NC2=CC(=O)N(CCO)C2=O)c(C)c1. The van der Waals surface area contributed by atoms with Crippen LogP contribution in [0.4, 0.5) is 5.69 Å². The van der Waals surface area contributed by atoms with Crippen molar-refractivity contribution in [1.29, 1.82) is 0 Å². The number of aliphatic hydroxyl groups is 1. The summed E-state index contributed by atoms with van der Waals surface area (Å²) in [5, 5.41) is 14.5. The number of β-amino-alcohol motifs (C(OH)–C–C–N with tert-alkyl or cyclic N) is 1. The van der Waals surface area contributed by atoms with Crippen LogP contribution >= 0.6 is 0 Å². The van der Waals surface area contributed by atoms with Crippen molar-refractivity contribution in [3.63, 3.8) is 0 Å². The predicted octanol–water partition coefficient (Wildman–Crippen LogP) is 0.0281. The Labute approximate surface area is 145 Å². The molecule has 134 valence electrons. The second kappa shape index (κ2) is 8.41. The van der Waals surface area contributed by atoms with E-state index in [9.17, 15) is 14.4 Å². The molecule has 25 heavy (non-hydrogen) atoms. The Hall–Kier alpha value is -2.71. The smallest absolute Gasteiger partial charge is 0.277 e. The number of nitrogens with one attached hydrogen (secondary N) is 2. The summed E-state index contributed by atoms with van der Waals surface area (Å²) in [6.45, 7) is 2.31. The van der Waals surface area contributed by atoms with Crippen LogP contribution in [0.15, 0.2) is 30.0 Å². The number of methoxy groups -OCH3 is 1. The van der Waals surface area contributed by atoms with Crippen molar-refractivity contribution in [2.45, 2.75) is 6.92 Å². The number of carbonyl (C=O) groups excluding carboxylic acids is 3. The number of aryl methyl sites for hydroxylation is 1. The Balaban J connectivity index is 2.07. The van der Waals surface area contributed by atoms with Gasteiger partial charge in [0.25, 0.3) is 17.7 Å². The molecule has 0 spiro atoms. The minimum atomic E-state index is -0.486. The van der Waals surface area contributed by atoms with E-state index in [0.29, 0.717) is 24.4 Å². The molecule has 1 aromatic rings. The largest absolute Gasteiger partial charge is 0.395 e. The highest BCUT2D eigenvalue weighted by Gasteiger charge is 2.30. The summed E-state index contributed by atoms with van der Waals surface area (Å²) in [6, 6.07) is 5.00. The number of hydrogen-bond acceptors (Lipinski definition) is 6. The Bertz CT molecular complexity index is 714. The van der Waals surface area contributed by atoms with E-state index in [2.05, 4.69) is 10.6 Å². The average Bonchev–Trinajstić information content (AvgIpc) is 2.84. The molecule has 0 saturated carbocycles. The zero-order chi connectivity index (χ0) is 18.4. The number of carbonyl (C=O) groups is 3. The third kappa shape index (κ3) is 4.43. The van der Waals surface area contributed by atoms with Crippen molar-refractivity contribution >= 4 is 23.4 Å². The van der Waals surface area contributed by atoms with Gasteiger partial charge >= 0.3 is 0 Å². The van der Waals surface area contributed by atoms with Gasteiger partial charge in [0.2, 0.25) is 0 Å². The lowest BCUT2D eigenvalue weighted by Gasteiger charge is -2.14. The van der Waals surface area contributed by atoms with Crippen LogP contribution in [0.25, 0.3) is 0 Å². The van der Waals surface area contributed by atoms with Gasteiger partial charge in [0.1, 0.15) is 5.70 Å². The van der Waals surface area contributed by atoms with E-state index in [4.69, 9.17) is 9.84 Å². The van der Waals surface area contributed by atoms with Crippen molar-refractivity contribution in [2.75, 3.05) is 38.7 Å². The van der Waals surface area contributed by atoms with Crippen LogP contribution in [-0.4, -0.2) is 61.1 Å². The summed E-state index contributed by atoms with van der Waals surface area (Å²) in [5.41, 5.74) is 2.00. The third-order valence-corrected chi connectivity index (χ3v) is 3.68. The lowest BCUT2D eigenvalue weighted by Crippen LogP contribution is -2.34. The van der Waals surface area contributed by atoms with Gasteiger partial charge in [-0.25, -0.2) is 0 Å². The molecular formula is C17H21N3O5. The zero-order valence-corrected chi connectivity index (χ0v) is 14.2. The number of anilines is 1. The molecule has 0 aliphatic carbocycles. The zero-order valence-electron chi connectivity index (χ0n) is 14.2. The van der Waals surface area contributed by atoms with E-state index in [-0.39, 0.29) is 24.8 Å². The number of imide groups is 1. The van der Waals surface area contributed by atoms with Crippen molar-refractivity contribution in [2.24, 2.45) is 0 Å². The van der Waals surface area contributed by atoms with Crippen LogP contribution in [0.3, 0.4) is 0 Å². The molecule has 0 bridgehead atoms. The minimum absolute atomic E-state index is 0.0427. The molecular weight excluding hydrogens is 326 g/mol. The molecule has 1 aliphatic rings. The Kier molecular flexibility index (Phi) is 6.26. The molecule has 2 rings (SSSR count). The van der Waals surface area contributed by atoms with Gasteiger partial charge in [-0.15, -0.1) is 0 Å². The van der Waals surface area contributed by atoms with Crippen molar-refractivity contribution in [3.8, 4) is 0 Å². The van der Waals surface area contributed by atoms with Crippen LogP contribution in [0.1, 0.15) is 15.9 Å². The summed E-state index contributed by atoms with van der Waals surface area (Å²) in [4.78, 5) is 36.9. The average molecular weight is 347 g/mol. The fraction of sp³-hybridized carbons (Fsp3) is 0.353. The quantitative estimate of drug-likeness (QED) is 0.452. The molecule has 3 N–H and O–H groups in total. The first kappa shape index (κ1) is 18.6. The minimum Gasteiger partial charge on any atom is -0.395 e. The van der Waals surface area contributed by atoms with E-state index < -0.39 is 11.8 Å². The molecule has 3 amide bonds. The molecule has 0 saturated heterocycles. The van der Waals surface area contributed by atoms with Gasteiger partial charge in [-0.1, -0.05) is 0 Å². The predicted molar refractivity (Wildman–Crippen MR) is 90.9 cm³/mol. The molecule has 8 nitrogen and oxygen atoms in total. The third-order valence-electron chi connectivity index (χ3n) is 3.68. The maximum atomic E-state index is 12.1. The number of nitrogens with zero attached hydrogens (tertiary/aromatic N) is 1. The lowest BCUT2D eigenvalue weighted by molar-refractivity contribution is -0.137. The molecule has 8 heteroatoms.